The summed E-state index contributed by atoms with van der Waals surface area (Å²) >= 11 is 1.06. The van der Waals surface area contributed by atoms with Crippen molar-refractivity contribution in [3.05, 3.63) is 111 Å². The number of aliphatic hydroxyl groups is 1. The quantitative estimate of drug-likeness (QED) is 0.199. The third-order valence-electron chi connectivity index (χ3n) is 7.28. The molecule has 44 heavy (non-hydrogen) atoms. The van der Waals surface area contributed by atoms with Gasteiger partial charge in [-0.1, -0.05) is 50.2 Å². The maximum atomic E-state index is 13.5. The van der Waals surface area contributed by atoms with Crippen molar-refractivity contribution in [3.63, 3.8) is 0 Å². The second-order valence-corrected chi connectivity index (χ2v) is 12.0. The van der Waals surface area contributed by atoms with Crippen LogP contribution in [0.25, 0.3) is 0 Å². The Hall–Kier alpha value is -4.22. The third-order valence-corrected chi connectivity index (χ3v) is 8.13. The number of hydrogen-bond acceptors (Lipinski definition) is 7. The van der Waals surface area contributed by atoms with Gasteiger partial charge in [-0.05, 0) is 47.7 Å². The van der Waals surface area contributed by atoms with E-state index in [0.29, 0.717) is 17.3 Å². The lowest BCUT2D eigenvalue weighted by Crippen LogP contribution is -2.49. The highest BCUT2D eigenvalue weighted by Gasteiger charge is 2.25. The molecule has 8 nitrogen and oxygen atoms in total. The van der Waals surface area contributed by atoms with Gasteiger partial charge in [-0.3, -0.25) is 14.6 Å². The van der Waals surface area contributed by atoms with Crippen LogP contribution in [0.4, 0.5) is 14.5 Å². The van der Waals surface area contributed by atoms with Gasteiger partial charge in [-0.25, -0.2) is 13.8 Å². The van der Waals surface area contributed by atoms with Gasteiger partial charge in [0.1, 0.15) is 10.7 Å². The van der Waals surface area contributed by atoms with Crippen molar-refractivity contribution < 1.29 is 23.5 Å². The second kappa shape index (κ2) is 15.0. The van der Waals surface area contributed by atoms with Crippen molar-refractivity contribution in [1.29, 1.82) is 0 Å². The average Bonchev–Trinajstić information content (AvgIpc) is 3.49. The summed E-state index contributed by atoms with van der Waals surface area (Å²) in [6.07, 6.45) is 0.361. The summed E-state index contributed by atoms with van der Waals surface area (Å²) in [6.45, 7) is 4.48. The van der Waals surface area contributed by atoms with Crippen LogP contribution in [0.3, 0.4) is 0 Å². The highest BCUT2D eigenvalue weighted by molar-refractivity contribution is 7.09. The van der Waals surface area contributed by atoms with Crippen LogP contribution in [0.5, 0.6) is 0 Å². The number of hydrogen-bond donors (Lipinski definition) is 2. The molecule has 0 bridgehead atoms. The van der Waals surface area contributed by atoms with E-state index >= 15 is 0 Å². The molecule has 11 heteroatoms. The lowest BCUT2D eigenvalue weighted by molar-refractivity contribution is 0.0784. The van der Waals surface area contributed by atoms with Gasteiger partial charge in [-0.2, -0.15) is 0 Å². The molecule has 4 rings (SSSR count). The van der Waals surface area contributed by atoms with Crippen molar-refractivity contribution in [2.24, 2.45) is 0 Å². The van der Waals surface area contributed by atoms with E-state index in [-0.39, 0.29) is 35.8 Å². The minimum atomic E-state index is -2.67. The van der Waals surface area contributed by atoms with Crippen molar-refractivity contribution in [1.82, 2.24) is 20.2 Å². The van der Waals surface area contributed by atoms with E-state index in [1.807, 2.05) is 54.5 Å². The van der Waals surface area contributed by atoms with E-state index in [4.69, 9.17) is 0 Å². The number of thiazole rings is 1. The zero-order valence-electron chi connectivity index (χ0n) is 25.2. The summed E-state index contributed by atoms with van der Waals surface area (Å²) in [6, 6.07) is 17.3. The molecule has 2 atom stereocenters. The normalized spacial score (nSPS) is 12.7. The van der Waals surface area contributed by atoms with Crippen LogP contribution in [0.1, 0.15) is 68.7 Å². The first kappa shape index (κ1) is 32.7. The van der Waals surface area contributed by atoms with Crippen molar-refractivity contribution in [2.75, 3.05) is 25.5 Å². The minimum Gasteiger partial charge on any atom is -0.389 e. The Balaban J connectivity index is 1.48. The molecule has 0 aliphatic heterocycles. The number of nitrogens with one attached hydrogen (secondary N) is 1. The smallest absolute Gasteiger partial charge is 0.281 e. The maximum Gasteiger partial charge on any atom is 0.281 e. The molecule has 2 heterocycles. The number of rotatable bonds is 13. The van der Waals surface area contributed by atoms with Crippen LogP contribution in [0, 0.1) is 0 Å². The van der Waals surface area contributed by atoms with E-state index in [9.17, 15) is 23.5 Å². The van der Waals surface area contributed by atoms with Crippen LogP contribution in [0.15, 0.2) is 78.4 Å². The number of benzene rings is 2. The maximum absolute atomic E-state index is 13.5. The van der Waals surface area contributed by atoms with Crippen LogP contribution in [-0.2, 0) is 13.0 Å². The molecule has 0 unspecified atom stereocenters. The highest BCUT2D eigenvalue weighted by atomic mass is 32.1. The van der Waals surface area contributed by atoms with E-state index in [0.717, 1.165) is 28.2 Å². The molecule has 2 amide bonds. The fourth-order valence-corrected chi connectivity index (χ4v) is 5.51. The zero-order valence-corrected chi connectivity index (χ0v) is 26.0. The standard InChI is InChI=1S/C33H37F2N5O3S/c1-21(2)25-15-26(17-36-16-25)39(3)18-29(41)27(13-22-9-6-5-7-10-22)38-32(42)23-11-8-12-24(14-23)33(43)40(4)19-30-37-28(20-44-30)31(34)35/h5-12,14-17,20-21,27,29,31,41H,13,18-19H2,1-4H3,(H,38,42)/t27-,29+/m0/s1. The summed E-state index contributed by atoms with van der Waals surface area (Å²) < 4.78 is 25.8. The molecule has 0 aliphatic carbocycles. The van der Waals surface area contributed by atoms with E-state index < -0.39 is 24.5 Å². The molecular formula is C33H37F2N5O3S. The van der Waals surface area contributed by atoms with Crippen LogP contribution in [0.2, 0.25) is 0 Å². The summed E-state index contributed by atoms with van der Waals surface area (Å²) in [4.78, 5) is 38.1. The van der Waals surface area contributed by atoms with Gasteiger partial charge in [0.15, 0.2) is 0 Å². The van der Waals surface area contributed by atoms with Crippen molar-refractivity contribution in [3.8, 4) is 0 Å². The molecule has 2 N–H and O–H groups in total. The number of pyridine rings is 1. The van der Waals surface area contributed by atoms with Gasteiger partial charge in [0.2, 0.25) is 0 Å². The highest BCUT2D eigenvalue weighted by Crippen LogP contribution is 2.23. The number of amides is 2. The van der Waals surface area contributed by atoms with Gasteiger partial charge in [0.25, 0.3) is 18.2 Å². The average molecular weight is 622 g/mol. The summed E-state index contributed by atoms with van der Waals surface area (Å²) in [7, 11) is 3.42. The van der Waals surface area contributed by atoms with E-state index in [1.54, 1.807) is 31.4 Å². The minimum absolute atomic E-state index is 0.0566. The van der Waals surface area contributed by atoms with E-state index in [1.165, 1.54) is 16.3 Å². The molecule has 232 valence electrons. The molecule has 2 aromatic heterocycles. The summed E-state index contributed by atoms with van der Waals surface area (Å²) in [5, 5.41) is 16.0. The lowest BCUT2D eigenvalue weighted by atomic mass is 9.99. The molecule has 0 saturated heterocycles. The monoisotopic (exact) mass is 621 g/mol. The molecular weight excluding hydrogens is 584 g/mol. The first-order chi connectivity index (χ1) is 21.0. The Morgan fingerprint density at radius 1 is 1.00 bits per heavy atom. The van der Waals surface area contributed by atoms with Gasteiger partial charge in [-0.15, -0.1) is 11.3 Å². The topological polar surface area (TPSA) is 98.7 Å². The fraction of sp³-hybridized carbons (Fsp3) is 0.333. The van der Waals surface area contributed by atoms with Crippen LogP contribution in [-0.4, -0.2) is 64.6 Å². The molecule has 0 aliphatic rings. The predicted octanol–water partition coefficient (Wildman–Crippen LogP) is 5.71. The molecule has 2 aromatic carbocycles. The van der Waals surface area contributed by atoms with Crippen LogP contribution < -0.4 is 10.2 Å². The molecule has 0 spiro atoms. The third kappa shape index (κ3) is 8.67. The Morgan fingerprint density at radius 3 is 2.41 bits per heavy atom. The number of anilines is 1. The van der Waals surface area contributed by atoms with Gasteiger partial charge < -0.3 is 20.2 Å². The number of alkyl halides is 2. The number of halogens is 2. The largest absolute Gasteiger partial charge is 0.389 e. The predicted molar refractivity (Wildman–Crippen MR) is 168 cm³/mol. The van der Waals surface area contributed by atoms with Crippen molar-refractivity contribution in [2.45, 2.75) is 51.3 Å². The zero-order chi connectivity index (χ0) is 31.8. The first-order valence-electron chi connectivity index (χ1n) is 14.3. The Bertz CT molecular complexity index is 1550. The van der Waals surface area contributed by atoms with E-state index in [2.05, 4.69) is 29.1 Å². The van der Waals surface area contributed by atoms with Gasteiger partial charge in [0, 0.05) is 43.3 Å². The number of carbonyl (C=O) groups is 2. The number of carbonyl (C=O) groups excluding carboxylic acids is 2. The molecule has 0 saturated carbocycles. The SMILES string of the molecule is CC(C)c1cncc(N(C)C[C@@H](O)[C@H](Cc2ccccc2)NC(=O)c2cccc(C(=O)N(C)Cc3nc(C(F)F)cs3)c2)c1. The van der Waals surface area contributed by atoms with Gasteiger partial charge >= 0.3 is 0 Å². The summed E-state index contributed by atoms with van der Waals surface area (Å²) in [5.74, 6) is -0.512. The Kier molecular flexibility index (Phi) is 11.1. The van der Waals surface area contributed by atoms with Crippen molar-refractivity contribution >= 4 is 28.8 Å². The molecule has 4 aromatic rings. The first-order valence-corrected chi connectivity index (χ1v) is 15.2. The number of aliphatic hydroxyl groups excluding tert-OH is 1. The Morgan fingerprint density at radius 2 is 1.73 bits per heavy atom. The summed E-state index contributed by atoms with van der Waals surface area (Å²) in [5.41, 5.74) is 3.10. The fourth-order valence-electron chi connectivity index (χ4n) is 4.67. The number of nitrogens with zero attached hydrogens (tertiary/aromatic N) is 4. The van der Waals surface area contributed by atoms with Crippen LogP contribution >= 0.6 is 11.3 Å². The number of aromatic nitrogens is 2. The number of likely N-dealkylation sites (N-methyl/N-ethyl adjacent to an activating group) is 1. The Labute approximate surface area is 260 Å². The second-order valence-electron chi connectivity index (χ2n) is 11.1. The van der Waals surface area contributed by atoms with Gasteiger partial charge in [0.05, 0.1) is 30.6 Å². The molecule has 0 radical (unpaired) electrons. The lowest BCUT2D eigenvalue weighted by Gasteiger charge is -2.29. The molecule has 0 fully saturated rings.